The molecular formula is C15H25N5O. The Hall–Kier alpha value is -1.69. The summed E-state index contributed by atoms with van der Waals surface area (Å²) in [6, 6.07) is 1.94. The fourth-order valence-electron chi connectivity index (χ4n) is 2.67. The van der Waals surface area contributed by atoms with Gasteiger partial charge in [-0.2, -0.15) is 0 Å². The first kappa shape index (κ1) is 15.7. The largest absolute Gasteiger partial charge is 0.370 e. The van der Waals surface area contributed by atoms with E-state index in [4.69, 9.17) is 0 Å². The molecule has 1 aliphatic heterocycles. The summed E-state index contributed by atoms with van der Waals surface area (Å²) in [6.07, 6.45) is 0. The lowest BCUT2D eigenvalue weighted by molar-refractivity contribution is -0.147. The van der Waals surface area contributed by atoms with Crippen LogP contribution < -0.4 is 5.32 Å². The van der Waals surface area contributed by atoms with E-state index in [1.807, 2.05) is 40.8 Å². The van der Waals surface area contributed by atoms with Crippen molar-refractivity contribution in [2.45, 2.75) is 39.8 Å². The molecule has 0 atom stereocenters. The fourth-order valence-corrected chi connectivity index (χ4v) is 2.67. The second-order valence-corrected chi connectivity index (χ2v) is 6.05. The molecule has 1 saturated heterocycles. The molecule has 116 valence electrons. The van der Waals surface area contributed by atoms with Crippen molar-refractivity contribution >= 4 is 11.7 Å². The van der Waals surface area contributed by atoms with Gasteiger partial charge < -0.3 is 10.2 Å². The lowest BCUT2D eigenvalue weighted by Crippen LogP contribution is -2.61. The van der Waals surface area contributed by atoms with Gasteiger partial charge in [0.2, 0.25) is 5.91 Å². The van der Waals surface area contributed by atoms with Gasteiger partial charge in [-0.3, -0.25) is 9.69 Å². The van der Waals surface area contributed by atoms with Gasteiger partial charge in [-0.25, -0.2) is 9.97 Å². The summed E-state index contributed by atoms with van der Waals surface area (Å²) in [5, 5.41) is 3.22. The fraction of sp³-hybridized carbons (Fsp3) is 0.667. The Labute approximate surface area is 126 Å². The topological polar surface area (TPSA) is 61.4 Å². The Bertz CT molecular complexity index is 529. The molecule has 0 unspecified atom stereocenters. The SMILES string of the molecule is CCNc1cc(C)nc(CN2CCN(C)C(=O)C2(C)C)n1. The number of aromatic nitrogens is 2. The van der Waals surface area contributed by atoms with E-state index in [1.54, 1.807) is 4.90 Å². The number of nitrogens with one attached hydrogen (secondary N) is 1. The summed E-state index contributed by atoms with van der Waals surface area (Å²) in [5.74, 6) is 1.75. The minimum absolute atomic E-state index is 0.147. The highest BCUT2D eigenvalue weighted by molar-refractivity contribution is 5.86. The van der Waals surface area contributed by atoms with Crippen molar-refractivity contribution in [2.24, 2.45) is 0 Å². The molecule has 2 rings (SSSR count). The predicted octanol–water partition coefficient (Wildman–Crippen LogP) is 1.27. The molecule has 6 heteroatoms. The zero-order valence-corrected chi connectivity index (χ0v) is 13.6. The third kappa shape index (κ3) is 3.32. The number of nitrogens with zero attached hydrogens (tertiary/aromatic N) is 4. The van der Waals surface area contributed by atoms with Crippen LogP contribution in [0.1, 0.15) is 32.3 Å². The number of rotatable bonds is 4. The van der Waals surface area contributed by atoms with Crippen LogP contribution in [0, 0.1) is 6.92 Å². The number of amides is 1. The predicted molar refractivity (Wildman–Crippen MR) is 83.1 cm³/mol. The number of carbonyl (C=O) groups is 1. The molecule has 0 bridgehead atoms. The second kappa shape index (κ2) is 5.97. The maximum Gasteiger partial charge on any atom is 0.242 e. The van der Waals surface area contributed by atoms with Crippen LogP contribution in [0.4, 0.5) is 5.82 Å². The van der Waals surface area contributed by atoms with E-state index in [1.165, 1.54) is 0 Å². The highest BCUT2D eigenvalue weighted by Gasteiger charge is 2.40. The monoisotopic (exact) mass is 291 g/mol. The summed E-state index contributed by atoms with van der Waals surface area (Å²) in [4.78, 5) is 25.3. The van der Waals surface area contributed by atoms with Crippen molar-refractivity contribution in [1.29, 1.82) is 0 Å². The summed E-state index contributed by atoms with van der Waals surface area (Å²) < 4.78 is 0. The quantitative estimate of drug-likeness (QED) is 0.905. The van der Waals surface area contributed by atoms with E-state index < -0.39 is 5.54 Å². The van der Waals surface area contributed by atoms with Crippen LogP contribution in [0.2, 0.25) is 0 Å². The van der Waals surface area contributed by atoms with E-state index in [9.17, 15) is 4.79 Å². The number of anilines is 1. The second-order valence-electron chi connectivity index (χ2n) is 6.05. The first-order chi connectivity index (χ1) is 9.84. The highest BCUT2D eigenvalue weighted by atomic mass is 16.2. The van der Waals surface area contributed by atoms with Gasteiger partial charge in [-0.15, -0.1) is 0 Å². The number of aryl methyl sites for hydroxylation is 1. The molecule has 0 radical (unpaired) electrons. The lowest BCUT2D eigenvalue weighted by Gasteiger charge is -2.44. The van der Waals surface area contributed by atoms with E-state index in [0.717, 1.165) is 37.0 Å². The molecule has 0 saturated carbocycles. The van der Waals surface area contributed by atoms with Crippen molar-refractivity contribution in [3.63, 3.8) is 0 Å². The van der Waals surface area contributed by atoms with Gasteiger partial charge in [-0.05, 0) is 27.7 Å². The zero-order chi connectivity index (χ0) is 15.6. The molecule has 0 spiro atoms. The molecular weight excluding hydrogens is 266 g/mol. The molecule has 6 nitrogen and oxygen atoms in total. The third-order valence-electron chi connectivity index (χ3n) is 3.96. The molecule has 2 heterocycles. The van der Waals surface area contributed by atoms with Gasteiger partial charge in [0.05, 0.1) is 12.1 Å². The van der Waals surface area contributed by atoms with Crippen LogP contribution in [0.3, 0.4) is 0 Å². The van der Waals surface area contributed by atoms with Crippen LogP contribution in [-0.4, -0.2) is 57.9 Å². The van der Waals surface area contributed by atoms with Crippen LogP contribution in [0.5, 0.6) is 0 Å². The molecule has 1 aromatic rings. The summed E-state index contributed by atoms with van der Waals surface area (Å²) >= 11 is 0. The normalized spacial score (nSPS) is 18.9. The molecule has 1 amide bonds. The smallest absolute Gasteiger partial charge is 0.242 e. The van der Waals surface area contributed by atoms with Crippen LogP contribution in [0.15, 0.2) is 6.07 Å². The van der Waals surface area contributed by atoms with Crippen LogP contribution in [-0.2, 0) is 11.3 Å². The number of piperazine rings is 1. The molecule has 1 N–H and O–H groups in total. The molecule has 1 fully saturated rings. The van der Waals surface area contributed by atoms with Gasteiger partial charge in [0.1, 0.15) is 11.6 Å². The maximum absolute atomic E-state index is 12.3. The van der Waals surface area contributed by atoms with Crippen LogP contribution in [0.25, 0.3) is 0 Å². The van der Waals surface area contributed by atoms with Crippen molar-refractivity contribution in [3.8, 4) is 0 Å². The average molecular weight is 291 g/mol. The minimum atomic E-state index is -0.515. The van der Waals surface area contributed by atoms with Gasteiger partial charge >= 0.3 is 0 Å². The molecule has 0 aromatic carbocycles. The summed E-state index contributed by atoms with van der Waals surface area (Å²) in [7, 11) is 1.86. The van der Waals surface area contributed by atoms with E-state index in [2.05, 4.69) is 20.2 Å². The Morgan fingerprint density at radius 3 is 2.71 bits per heavy atom. The number of carbonyl (C=O) groups excluding carboxylic acids is 1. The number of likely N-dealkylation sites (N-methyl/N-ethyl adjacent to an activating group) is 1. The average Bonchev–Trinajstić information content (AvgIpc) is 2.40. The van der Waals surface area contributed by atoms with Gasteiger partial charge in [0.25, 0.3) is 0 Å². The Morgan fingerprint density at radius 1 is 1.33 bits per heavy atom. The molecule has 21 heavy (non-hydrogen) atoms. The van der Waals surface area contributed by atoms with Crippen molar-refractivity contribution in [1.82, 2.24) is 19.8 Å². The zero-order valence-electron chi connectivity index (χ0n) is 13.6. The highest BCUT2D eigenvalue weighted by Crippen LogP contribution is 2.23. The van der Waals surface area contributed by atoms with Crippen molar-refractivity contribution in [2.75, 3.05) is 32.0 Å². The molecule has 0 aliphatic carbocycles. The van der Waals surface area contributed by atoms with Crippen molar-refractivity contribution < 1.29 is 4.79 Å². The standard InChI is InChI=1S/C15H25N5O/c1-6-16-12-9-11(2)17-13(18-12)10-20-8-7-19(5)14(21)15(20,3)4/h9H,6-8,10H2,1-5H3,(H,16,17,18). The van der Waals surface area contributed by atoms with Crippen molar-refractivity contribution in [3.05, 3.63) is 17.6 Å². The summed E-state index contributed by atoms with van der Waals surface area (Å²) in [6.45, 7) is 10.9. The van der Waals surface area contributed by atoms with Crippen LogP contribution >= 0.6 is 0 Å². The summed E-state index contributed by atoms with van der Waals surface area (Å²) in [5.41, 5.74) is 0.424. The minimum Gasteiger partial charge on any atom is -0.370 e. The van der Waals surface area contributed by atoms with E-state index >= 15 is 0 Å². The Balaban J connectivity index is 2.19. The number of hydrogen-bond donors (Lipinski definition) is 1. The Morgan fingerprint density at radius 2 is 2.05 bits per heavy atom. The number of hydrogen-bond acceptors (Lipinski definition) is 5. The third-order valence-corrected chi connectivity index (χ3v) is 3.96. The molecule has 1 aliphatic rings. The van der Waals surface area contributed by atoms with Gasteiger partial charge in [0, 0.05) is 38.4 Å². The maximum atomic E-state index is 12.3. The molecule has 1 aromatic heterocycles. The van der Waals surface area contributed by atoms with Gasteiger partial charge in [-0.1, -0.05) is 0 Å². The lowest BCUT2D eigenvalue weighted by atomic mass is 9.98. The van der Waals surface area contributed by atoms with E-state index in [-0.39, 0.29) is 5.91 Å². The van der Waals surface area contributed by atoms with Gasteiger partial charge in [0.15, 0.2) is 0 Å². The first-order valence-electron chi connectivity index (χ1n) is 7.43. The first-order valence-corrected chi connectivity index (χ1v) is 7.43. The Kier molecular flexibility index (Phi) is 4.46. The van der Waals surface area contributed by atoms with E-state index in [0.29, 0.717) is 6.54 Å².